The highest BCUT2D eigenvalue weighted by Crippen LogP contribution is 2.38. The van der Waals surface area contributed by atoms with Gasteiger partial charge in [-0.2, -0.15) is 10.4 Å². The molecule has 1 aliphatic rings. The second-order valence-corrected chi connectivity index (χ2v) is 4.76. The molecule has 3 unspecified atom stereocenters. The van der Waals surface area contributed by atoms with Crippen LogP contribution in [-0.2, 0) is 0 Å². The van der Waals surface area contributed by atoms with E-state index in [1.54, 1.807) is 6.20 Å². The Morgan fingerprint density at radius 1 is 1.50 bits per heavy atom. The maximum absolute atomic E-state index is 9.19. The number of hydrogen-bond acceptors (Lipinski definition) is 2. The smallest absolute Gasteiger partial charge is 0.0688 e. The third-order valence-electron chi connectivity index (χ3n) is 3.65. The molecule has 3 atom stereocenters. The first kappa shape index (κ1) is 11.2. The van der Waals surface area contributed by atoms with Crippen molar-refractivity contribution in [2.75, 3.05) is 0 Å². The van der Waals surface area contributed by atoms with Gasteiger partial charge in [0.25, 0.3) is 0 Å². The summed E-state index contributed by atoms with van der Waals surface area (Å²) in [6, 6.07) is 4.68. The molecule has 3 heteroatoms. The van der Waals surface area contributed by atoms with Crippen molar-refractivity contribution in [2.45, 2.75) is 45.1 Å². The van der Waals surface area contributed by atoms with Crippen LogP contribution in [0.3, 0.4) is 0 Å². The van der Waals surface area contributed by atoms with Crippen LogP contribution in [0.5, 0.6) is 0 Å². The van der Waals surface area contributed by atoms with E-state index in [0.717, 1.165) is 18.8 Å². The average molecular weight is 217 g/mol. The van der Waals surface area contributed by atoms with Crippen molar-refractivity contribution in [3.8, 4) is 6.07 Å². The molecular formula is C13H19N3. The van der Waals surface area contributed by atoms with Crippen LogP contribution in [0.1, 0.15) is 45.1 Å². The molecule has 1 fully saturated rings. The maximum Gasteiger partial charge on any atom is 0.0688 e. The molecule has 0 amide bonds. The molecule has 0 radical (unpaired) electrons. The maximum atomic E-state index is 9.19. The summed E-state index contributed by atoms with van der Waals surface area (Å²) in [5.41, 5.74) is 0. The van der Waals surface area contributed by atoms with E-state index in [-0.39, 0.29) is 5.92 Å². The van der Waals surface area contributed by atoms with Crippen molar-refractivity contribution in [1.82, 2.24) is 9.78 Å². The molecule has 1 heterocycles. The first-order chi connectivity index (χ1) is 7.85. The number of nitriles is 1. The molecule has 1 aliphatic carbocycles. The fraction of sp³-hybridized carbons (Fsp3) is 0.692. The zero-order chi connectivity index (χ0) is 11.4. The Morgan fingerprint density at radius 2 is 2.38 bits per heavy atom. The predicted molar refractivity (Wildman–Crippen MR) is 62.6 cm³/mol. The van der Waals surface area contributed by atoms with Crippen LogP contribution in [0.25, 0.3) is 0 Å². The molecule has 1 aromatic heterocycles. The highest BCUT2D eigenvalue weighted by atomic mass is 15.3. The summed E-state index contributed by atoms with van der Waals surface area (Å²) in [5.74, 6) is 0.928. The molecule has 1 aromatic rings. The average Bonchev–Trinajstić information content (AvgIpc) is 2.83. The van der Waals surface area contributed by atoms with Crippen molar-refractivity contribution in [3.63, 3.8) is 0 Å². The Kier molecular flexibility index (Phi) is 3.61. The molecule has 0 saturated heterocycles. The van der Waals surface area contributed by atoms with Crippen LogP contribution in [0.15, 0.2) is 18.5 Å². The van der Waals surface area contributed by atoms with Gasteiger partial charge in [0.1, 0.15) is 0 Å². The molecule has 16 heavy (non-hydrogen) atoms. The van der Waals surface area contributed by atoms with E-state index < -0.39 is 0 Å². The zero-order valence-corrected chi connectivity index (χ0v) is 9.84. The molecular weight excluding hydrogens is 198 g/mol. The highest BCUT2D eigenvalue weighted by Gasteiger charge is 2.31. The summed E-state index contributed by atoms with van der Waals surface area (Å²) in [7, 11) is 0. The SMILES string of the molecule is CCCC1CCC(C#N)C(n2cccn2)C1. The van der Waals surface area contributed by atoms with Crippen molar-refractivity contribution >= 4 is 0 Å². The van der Waals surface area contributed by atoms with Crippen molar-refractivity contribution in [3.05, 3.63) is 18.5 Å². The molecule has 86 valence electrons. The van der Waals surface area contributed by atoms with Gasteiger partial charge >= 0.3 is 0 Å². The summed E-state index contributed by atoms with van der Waals surface area (Å²) in [4.78, 5) is 0. The van der Waals surface area contributed by atoms with Crippen molar-refractivity contribution in [1.29, 1.82) is 5.26 Å². The van der Waals surface area contributed by atoms with Gasteiger partial charge in [0.15, 0.2) is 0 Å². The fourth-order valence-corrected chi connectivity index (χ4v) is 2.82. The molecule has 0 N–H and O–H groups in total. The lowest BCUT2D eigenvalue weighted by molar-refractivity contribution is 0.199. The lowest BCUT2D eigenvalue weighted by Crippen LogP contribution is -2.27. The third-order valence-corrected chi connectivity index (χ3v) is 3.65. The Labute approximate surface area is 97.1 Å². The lowest BCUT2D eigenvalue weighted by atomic mass is 9.77. The molecule has 0 bridgehead atoms. The highest BCUT2D eigenvalue weighted by molar-refractivity contribution is 4.96. The summed E-state index contributed by atoms with van der Waals surface area (Å²) in [6.45, 7) is 2.24. The molecule has 1 saturated carbocycles. The summed E-state index contributed by atoms with van der Waals surface area (Å²) in [6.07, 6.45) is 9.69. The number of aromatic nitrogens is 2. The van der Waals surface area contributed by atoms with Gasteiger partial charge in [-0.25, -0.2) is 0 Å². The second kappa shape index (κ2) is 5.16. The van der Waals surface area contributed by atoms with Crippen LogP contribution >= 0.6 is 0 Å². The Bertz CT molecular complexity index is 350. The Hall–Kier alpha value is -1.30. The van der Waals surface area contributed by atoms with Crippen LogP contribution in [0, 0.1) is 23.2 Å². The summed E-state index contributed by atoms with van der Waals surface area (Å²) < 4.78 is 1.98. The fourth-order valence-electron chi connectivity index (χ4n) is 2.82. The van der Waals surface area contributed by atoms with Crippen LogP contribution in [0.4, 0.5) is 0 Å². The van der Waals surface area contributed by atoms with E-state index >= 15 is 0 Å². The van der Waals surface area contributed by atoms with Gasteiger partial charge in [-0.3, -0.25) is 4.68 Å². The normalized spacial score (nSPS) is 29.9. The van der Waals surface area contributed by atoms with Gasteiger partial charge in [-0.05, 0) is 31.2 Å². The largest absolute Gasteiger partial charge is 0.268 e. The van der Waals surface area contributed by atoms with E-state index in [4.69, 9.17) is 0 Å². The minimum absolute atomic E-state index is 0.146. The first-order valence-corrected chi connectivity index (χ1v) is 6.24. The monoisotopic (exact) mass is 217 g/mol. The molecule has 0 aromatic carbocycles. The first-order valence-electron chi connectivity index (χ1n) is 6.24. The zero-order valence-electron chi connectivity index (χ0n) is 9.84. The van der Waals surface area contributed by atoms with Crippen molar-refractivity contribution < 1.29 is 0 Å². The van der Waals surface area contributed by atoms with Gasteiger partial charge in [-0.1, -0.05) is 19.8 Å². The number of nitrogens with zero attached hydrogens (tertiary/aromatic N) is 3. The van der Waals surface area contributed by atoms with Crippen LogP contribution < -0.4 is 0 Å². The standard InChI is InChI=1S/C13H19N3/c1-2-4-11-5-6-12(10-14)13(9-11)16-8-3-7-15-16/h3,7-8,11-13H,2,4-6,9H2,1H3. The van der Waals surface area contributed by atoms with Crippen molar-refractivity contribution in [2.24, 2.45) is 11.8 Å². The minimum atomic E-state index is 0.146. The van der Waals surface area contributed by atoms with E-state index in [0.29, 0.717) is 6.04 Å². The molecule has 0 aliphatic heterocycles. The third kappa shape index (κ3) is 2.27. The summed E-state index contributed by atoms with van der Waals surface area (Å²) >= 11 is 0. The number of hydrogen-bond donors (Lipinski definition) is 0. The quantitative estimate of drug-likeness (QED) is 0.780. The molecule has 2 rings (SSSR count). The van der Waals surface area contributed by atoms with E-state index in [1.165, 1.54) is 19.3 Å². The topological polar surface area (TPSA) is 41.6 Å². The van der Waals surface area contributed by atoms with Gasteiger partial charge in [0, 0.05) is 12.4 Å². The second-order valence-electron chi connectivity index (χ2n) is 4.76. The van der Waals surface area contributed by atoms with Crippen LogP contribution in [-0.4, -0.2) is 9.78 Å². The van der Waals surface area contributed by atoms with Gasteiger partial charge in [0.05, 0.1) is 18.0 Å². The summed E-state index contributed by atoms with van der Waals surface area (Å²) in [5, 5.41) is 13.5. The lowest BCUT2D eigenvalue weighted by Gasteiger charge is -2.32. The molecule has 0 spiro atoms. The minimum Gasteiger partial charge on any atom is -0.268 e. The van der Waals surface area contributed by atoms with E-state index in [1.807, 2.05) is 16.9 Å². The van der Waals surface area contributed by atoms with Gasteiger partial charge < -0.3 is 0 Å². The van der Waals surface area contributed by atoms with Gasteiger partial charge in [0.2, 0.25) is 0 Å². The van der Waals surface area contributed by atoms with E-state index in [2.05, 4.69) is 18.1 Å². The predicted octanol–water partition coefficient (Wildman–Crippen LogP) is 3.16. The van der Waals surface area contributed by atoms with E-state index in [9.17, 15) is 5.26 Å². The molecule has 3 nitrogen and oxygen atoms in total. The number of rotatable bonds is 3. The Morgan fingerprint density at radius 3 is 3.00 bits per heavy atom. The van der Waals surface area contributed by atoms with Crippen LogP contribution in [0.2, 0.25) is 0 Å². The Balaban J connectivity index is 2.09. The van der Waals surface area contributed by atoms with Gasteiger partial charge in [-0.15, -0.1) is 0 Å².